The van der Waals surface area contributed by atoms with Crippen LogP contribution in [0.1, 0.15) is 5.56 Å². The molecular weight excluding hydrogens is 252 g/mol. The number of ether oxygens (including phenoxy) is 1. The van der Waals surface area contributed by atoms with Crippen LogP contribution in [0.25, 0.3) is 0 Å². The Morgan fingerprint density at radius 1 is 1.39 bits per heavy atom. The molecule has 6 heteroatoms. The highest BCUT2D eigenvalue weighted by Gasteiger charge is 2.18. The van der Waals surface area contributed by atoms with Crippen molar-refractivity contribution >= 4 is 10.0 Å². The van der Waals surface area contributed by atoms with Gasteiger partial charge in [0.2, 0.25) is 10.0 Å². The van der Waals surface area contributed by atoms with Crippen molar-refractivity contribution < 1.29 is 13.2 Å². The lowest BCUT2D eigenvalue weighted by atomic mass is 10.2. The van der Waals surface area contributed by atoms with Gasteiger partial charge in [-0.2, -0.15) is 0 Å². The Hall–Kier alpha value is -1.37. The van der Waals surface area contributed by atoms with Gasteiger partial charge in [-0.05, 0) is 24.6 Å². The Labute approximate surface area is 108 Å². The first-order chi connectivity index (χ1) is 8.51. The molecule has 100 valence electrons. The van der Waals surface area contributed by atoms with E-state index in [0.29, 0.717) is 12.3 Å². The normalized spacial score (nSPS) is 11.9. The van der Waals surface area contributed by atoms with Crippen LogP contribution in [-0.2, 0) is 10.0 Å². The van der Waals surface area contributed by atoms with Crippen LogP contribution in [0.4, 0.5) is 0 Å². The van der Waals surface area contributed by atoms with Crippen LogP contribution in [0.5, 0.6) is 5.75 Å². The number of nitrogens with one attached hydrogen (secondary N) is 1. The van der Waals surface area contributed by atoms with Crippen molar-refractivity contribution in [3.63, 3.8) is 0 Å². The molecule has 1 aromatic rings. The van der Waals surface area contributed by atoms with Crippen LogP contribution < -0.4 is 15.2 Å². The van der Waals surface area contributed by atoms with Crippen LogP contribution in [0.15, 0.2) is 35.2 Å². The second-order valence-electron chi connectivity index (χ2n) is 3.71. The molecule has 0 fully saturated rings. The Balaban J connectivity index is 2.97. The topological polar surface area (TPSA) is 81.4 Å². The van der Waals surface area contributed by atoms with Gasteiger partial charge in [-0.15, -0.1) is 0 Å². The van der Waals surface area contributed by atoms with Crippen LogP contribution in [0.2, 0.25) is 0 Å². The number of hydrogen-bond donors (Lipinski definition) is 2. The van der Waals surface area contributed by atoms with E-state index in [1.165, 1.54) is 7.11 Å². The number of methoxy groups -OCH3 is 1. The van der Waals surface area contributed by atoms with Gasteiger partial charge in [-0.3, -0.25) is 0 Å². The summed E-state index contributed by atoms with van der Waals surface area (Å²) in [6.45, 7) is 2.42. The first-order valence-corrected chi connectivity index (χ1v) is 6.99. The lowest BCUT2D eigenvalue weighted by Crippen LogP contribution is -2.24. The maximum absolute atomic E-state index is 12.1. The minimum Gasteiger partial charge on any atom is -0.495 e. The zero-order valence-corrected chi connectivity index (χ0v) is 11.3. The minimum atomic E-state index is -3.57. The van der Waals surface area contributed by atoms with E-state index in [2.05, 4.69) is 4.72 Å². The lowest BCUT2D eigenvalue weighted by molar-refractivity contribution is 0.402. The third kappa shape index (κ3) is 3.83. The molecule has 0 aliphatic heterocycles. The first-order valence-electron chi connectivity index (χ1n) is 5.50. The summed E-state index contributed by atoms with van der Waals surface area (Å²) in [5.74, 6) is 0.330. The second-order valence-corrected chi connectivity index (χ2v) is 5.45. The van der Waals surface area contributed by atoms with Crippen molar-refractivity contribution in [2.75, 3.05) is 20.2 Å². The highest BCUT2D eigenvalue weighted by atomic mass is 32.2. The lowest BCUT2D eigenvalue weighted by Gasteiger charge is -2.10. The molecule has 18 heavy (non-hydrogen) atoms. The number of rotatable bonds is 6. The first kappa shape index (κ1) is 14.7. The van der Waals surface area contributed by atoms with E-state index in [0.717, 1.165) is 5.56 Å². The Bertz CT molecular complexity index is 524. The Morgan fingerprint density at radius 3 is 2.72 bits per heavy atom. The Kier molecular flexibility index (Phi) is 5.33. The summed E-state index contributed by atoms with van der Waals surface area (Å²) in [4.78, 5) is 0.145. The summed E-state index contributed by atoms with van der Waals surface area (Å²) in [6.07, 6.45) is 3.36. The van der Waals surface area contributed by atoms with Crippen molar-refractivity contribution in [3.05, 3.63) is 35.9 Å². The number of aryl methyl sites for hydroxylation is 1. The van der Waals surface area contributed by atoms with Gasteiger partial charge in [0.1, 0.15) is 10.6 Å². The molecule has 0 radical (unpaired) electrons. The average molecular weight is 270 g/mol. The zero-order valence-electron chi connectivity index (χ0n) is 10.5. The van der Waals surface area contributed by atoms with E-state index in [9.17, 15) is 8.42 Å². The minimum absolute atomic E-state index is 0.145. The SMILES string of the molecule is COc1ccc(C)cc1S(=O)(=O)NC/C=C/CN. The molecule has 3 N–H and O–H groups in total. The summed E-state index contributed by atoms with van der Waals surface area (Å²) in [7, 11) is -2.13. The van der Waals surface area contributed by atoms with Gasteiger partial charge in [-0.1, -0.05) is 18.2 Å². The van der Waals surface area contributed by atoms with E-state index in [4.69, 9.17) is 10.5 Å². The fourth-order valence-electron chi connectivity index (χ4n) is 1.41. The quantitative estimate of drug-likeness (QED) is 0.749. The molecule has 0 aliphatic rings. The zero-order chi connectivity index (χ0) is 13.6. The highest BCUT2D eigenvalue weighted by Crippen LogP contribution is 2.24. The number of nitrogens with two attached hydrogens (primary N) is 1. The molecule has 0 bridgehead atoms. The fraction of sp³-hybridized carbons (Fsp3) is 0.333. The smallest absolute Gasteiger partial charge is 0.244 e. The second kappa shape index (κ2) is 6.53. The molecule has 0 atom stereocenters. The molecule has 1 aromatic carbocycles. The van der Waals surface area contributed by atoms with Gasteiger partial charge in [0.15, 0.2) is 0 Å². The molecule has 0 aromatic heterocycles. The van der Waals surface area contributed by atoms with Crippen molar-refractivity contribution in [1.29, 1.82) is 0 Å². The van der Waals surface area contributed by atoms with Crippen LogP contribution in [0, 0.1) is 6.92 Å². The molecule has 0 aliphatic carbocycles. The average Bonchev–Trinajstić information content (AvgIpc) is 2.35. The number of sulfonamides is 1. The van der Waals surface area contributed by atoms with Gasteiger partial charge < -0.3 is 10.5 Å². The predicted molar refractivity (Wildman–Crippen MR) is 71.1 cm³/mol. The summed E-state index contributed by atoms with van der Waals surface area (Å²) < 4.78 is 31.7. The maximum Gasteiger partial charge on any atom is 0.244 e. The maximum atomic E-state index is 12.1. The van der Waals surface area contributed by atoms with Crippen LogP contribution >= 0.6 is 0 Å². The van der Waals surface area contributed by atoms with E-state index >= 15 is 0 Å². The molecule has 0 saturated heterocycles. The summed E-state index contributed by atoms with van der Waals surface area (Å²) >= 11 is 0. The Morgan fingerprint density at radius 2 is 2.11 bits per heavy atom. The third-order valence-electron chi connectivity index (χ3n) is 2.30. The fourth-order valence-corrected chi connectivity index (χ4v) is 2.64. The molecular formula is C12H18N2O3S. The third-order valence-corrected chi connectivity index (χ3v) is 3.75. The van der Waals surface area contributed by atoms with Crippen LogP contribution in [-0.4, -0.2) is 28.6 Å². The summed E-state index contributed by atoms with van der Waals surface area (Å²) in [5, 5.41) is 0. The standard InChI is InChI=1S/C12H18N2O3S/c1-10-5-6-11(17-2)12(9-10)18(15,16)14-8-4-3-7-13/h3-6,9,14H,7-8,13H2,1-2H3/b4-3+. The van der Waals surface area contributed by atoms with Gasteiger partial charge in [-0.25, -0.2) is 13.1 Å². The van der Waals surface area contributed by atoms with Gasteiger partial charge in [0.05, 0.1) is 7.11 Å². The largest absolute Gasteiger partial charge is 0.495 e. The molecule has 0 heterocycles. The van der Waals surface area contributed by atoms with Gasteiger partial charge in [0, 0.05) is 13.1 Å². The summed E-state index contributed by atoms with van der Waals surface area (Å²) in [5.41, 5.74) is 6.13. The van der Waals surface area contributed by atoms with E-state index in [-0.39, 0.29) is 11.4 Å². The van der Waals surface area contributed by atoms with Crippen molar-refractivity contribution in [2.24, 2.45) is 5.73 Å². The van der Waals surface area contributed by atoms with E-state index in [1.807, 2.05) is 6.92 Å². The molecule has 0 amide bonds. The van der Waals surface area contributed by atoms with Crippen molar-refractivity contribution in [3.8, 4) is 5.75 Å². The number of hydrogen-bond acceptors (Lipinski definition) is 4. The molecule has 0 unspecified atom stereocenters. The van der Waals surface area contributed by atoms with Crippen LogP contribution in [0.3, 0.4) is 0 Å². The van der Waals surface area contributed by atoms with E-state index in [1.54, 1.807) is 30.4 Å². The molecule has 0 saturated carbocycles. The summed E-state index contributed by atoms with van der Waals surface area (Å²) in [6, 6.07) is 5.01. The highest BCUT2D eigenvalue weighted by molar-refractivity contribution is 7.89. The number of benzene rings is 1. The van der Waals surface area contributed by atoms with Crippen molar-refractivity contribution in [1.82, 2.24) is 4.72 Å². The molecule has 5 nitrogen and oxygen atoms in total. The van der Waals surface area contributed by atoms with Gasteiger partial charge >= 0.3 is 0 Å². The predicted octanol–water partition coefficient (Wildman–Crippen LogP) is 0.797. The van der Waals surface area contributed by atoms with Gasteiger partial charge in [0.25, 0.3) is 0 Å². The molecule has 1 rings (SSSR count). The van der Waals surface area contributed by atoms with Crippen molar-refractivity contribution in [2.45, 2.75) is 11.8 Å². The molecule has 0 spiro atoms. The monoisotopic (exact) mass is 270 g/mol. The van der Waals surface area contributed by atoms with E-state index < -0.39 is 10.0 Å².